The molecule has 1 aromatic heterocycles. The number of nitrogens with two attached hydrogens (primary N) is 1. The largest absolute Gasteiger partial charge is 0.504 e. The molecule has 1 unspecified atom stereocenters. The van der Waals surface area contributed by atoms with Crippen LogP contribution in [-0.4, -0.2) is 45.8 Å². The molecular formula is C40H34N3O9P. The van der Waals surface area contributed by atoms with Gasteiger partial charge in [-0.05, 0) is 48.4 Å². The molecular weight excluding hydrogens is 697 g/mol. The number of anilines is 3. The maximum atomic E-state index is 15.1. The molecule has 0 saturated heterocycles. The molecule has 0 spiro atoms. The fourth-order valence-corrected chi connectivity index (χ4v) is 8.26. The number of benzene rings is 5. The molecule has 0 aliphatic carbocycles. The van der Waals surface area contributed by atoms with E-state index in [0.29, 0.717) is 0 Å². The summed E-state index contributed by atoms with van der Waals surface area (Å²) in [4.78, 5) is 5.09. The first kappa shape index (κ1) is 35.8. The predicted molar refractivity (Wildman–Crippen MR) is 204 cm³/mol. The average molecular weight is 732 g/mol. The van der Waals surface area contributed by atoms with Gasteiger partial charge in [0, 0.05) is 17.2 Å². The molecule has 0 fully saturated rings. The predicted octanol–water partition coefficient (Wildman–Crippen LogP) is 7.22. The second-order valence-electron chi connectivity index (χ2n) is 11.7. The highest BCUT2D eigenvalue weighted by atomic mass is 31.2. The van der Waals surface area contributed by atoms with Crippen molar-refractivity contribution in [3.8, 4) is 68.2 Å². The van der Waals surface area contributed by atoms with Gasteiger partial charge in [-0.3, -0.25) is 9.88 Å². The number of pyridine rings is 1. The topological polar surface area (TPSA) is 221 Å². The summed E-state index contributed by atoms with van der Waals surface area (Å²) in [6.07, 6.45) is 6.16. The molecule has 0 amide bonds. The van der Waals surface area contributed by atoms with Crippen LogP contribution in [0.4, 0.5) is 17.1 Å². The number of nitrogens with zero attached hydrogens (tertiary/aromatic N) is 2. The highest BCUT2D eigenvalue weighted by Crippen LogP contribution is 2.63. The Bertz CT molecular complexity index is 2270. The third kappa shape index (κ3) is 6.07. The van der Waals surface area contributed by atoms with Crippen LogP contribution in [0.15, 0.2) is 133 Å². The van der Waals surface area contributed by atoms with Crippen molar-refractivity contribution in [3.63, 3.8) is 0 Å². The Hall–Kier alpha value is -7.04. The van der Waals surface area contributed by atoms with Crippen molar-refractivity contribution in [3.05, 3.63) is 133 Å². The van der Waals surface area contributed by atoms with E-state index in [-0.39, 0.29) is 44.1 Å². The summed E-state index contributed by atoms with van der Waals surface area (Å²) >= 11 is 0. The Morgan fingerprint density at radius 2 is 1.09 bits per heavy atom. The molecule has 0 aliphatic rings. The van der Waals surface area contributed by atoms with Gasteiger partial charge in [-0.1, -0.05) is 91.0 Å². The van der Waals surface area contributed by atoms with Crippen molar-refractivity contribution in [2.45, 2.75) is 6.92 Å². The first-order chi connectivity index (χ1) is 25.4. The van der Waals surface area contributed by atoms with Gasteiger partial charge in [0.2, 0.25) is 7.14 Å². The van der Waals surface area contributed by atoms with Crippen LogP contribution in [0, 0.1) is 0 Å². The molecule has 53 heavy (non-hydrogen) atoms. The number of hydrogen-bond acceptors (Lipinski definition) is 12. The molecule has 6 aromatic rings. The summed E-state index contributed by atoms with van der Waals surface area (Å²) < 4.78 is 15.1. The molecule has 13 heteroatoms. The number of aromatic nitrogens is 1. The third-order valence-electron chi connectivity index (χ3n) is 8.56. The number of phenols is 8. The smallest absolute Gasteiger partial charge is 0.203 e. The van der Waals surface area contributed by atoms with Crippen molar-refractivity contribution < 1.29 is 45.4 Å². The Morgan fingerprint density at radius 3 is 1.53 bits per heavy atom. The van der Waals surface area contributed by atoms with Crippen molar-refractivity contribution in [1.82, 2.24) is 4.98 Å². The van der Waals surface area contributed by atoms with Gasteiger partial charge in [0.15, 0.2) is 46.0 Å². The van der Waals surface area contributed by atoms with Crippen LogP contribution in [0.25, 0.3) is 22.3 Å². The quantitative estimate of drug-likeness (QED) is 0.0311. The minimum atomic E-state index is -3.97. The van der Waals surface area contributed by atoms with Crippen molar-refractivity contribution in [1.29, 1.82) is 0 Å². The van der Waals surface area contributed by atoms with Crippen LogP contribution >= 0.6 is 7.14 Å². The Kier molecular flexibility index (Phi) is 9.65. The summed E-state index contributed by atoms with van der Waals surface area (Å²) in [6.45, 7) is 1.74. The highest BCUT2D eigenvalue weighted by molar-refractivity contribution is 7.82. The molecule has 0 aliphatic heterocycles. The molecule has 12 nitrogen and oxygen atoms in total. The van der Waals surface area contributed by atoms with E-state index in [1.165, 1.54) is 66.9 Å². The Morgan fingerprint density at radius 1 is 0.623 bits per heavy atom. The number of allylic oxidation sites excluding steroid dienone is 3. The molecule has 0 radical (unpaired) electrons. The van der Waals surface area contributed by atoms with Crippen molar-refractivity contribution in [2.75, 3.05) is 4.90 Å². The van der Waals surface area contributed by atoms with Crippen LogP contribution in [0.1, 0.15) is 6.92 Å². The van der Waals surface area contributed by atoms with Crippen LogP contribution < -0.4 is 21.4 Å². The molecule has 1 atom stereocenters. The van der Waals surface area contributed by atoms with Crippen molar-refractivity contribution in [2.24, 2.45) is 5.73 Å². The van der Waals surface area contributed by atoms with Gasteiger partial charge >= 0.3 is 0 Å². The van der Waals surface area contributed by atoms with E-state index in [4.69, 9.17) is 5.73 Å². The zero-order chi connectivity index (χ0) is 38.0. The van der Waals surface area contributed by atoms with Crippen LogP contribution in [-0.2, 0) is 4.57 Å². The molecule has 0 saturated carbocycles. The summed E-state index contributed by atoms with van der Waals surface area (Å²) in [5, 5.41) is 92.0. The third-order valence-corrected chi connectivity index (χ3v) is 11.4. The number of phenolic OH excluding ortho intramolecular Hbond substituents is 8. The Balaban J connectivity index is 1.71. The first-order valence-corrected chi connectivity index (χ1v) is 17.8. The van der Waals surface area contributed by atoms with E-state index in [9.17, 15) is 40.9 Å². The zero-order valence-corrected chi connectivity index (χ0v) is 28.9. The van der Waals surface area contributed by atoms with Crippen LogP contribution in [0.2, 0.25) is 0 Å². The van der Waals surface area contributed by atoms with Gasteiger partial charge in [0.25, 0.3) is 0 Å². The molecule has 10 N–H and O–H groups in total. The summed E-state index contributed by atoms with van der Waals surface area (Å²) in [5.41, 5.74) is 4.43. The van der Waals surface area contributed by atoms with E-state index in [2.05, 4.69) is 4.98 Å². The lowest BCUT2D eigenvalue weighted by atomic mass is 9.98. The summed E-state index contributed by atoms with van der Waals surface area (Å²) in [6, 6.07) is 26.1. The van der Waals surface area contributed by atoms with Gasteiger partial charge in [0.1, 0.15) is 16.8 Å². The van der Waals surface area contributed by atoms with E-state index >= 15 is 4.57 Å². The molecule has 6 rings (SSSR count). The highest BCUT2D eigenvalue weighted by Gasteiger charge is 2.37. The lowest BCUT2D eigenvalue weighted by Gasteiger charge is -2.30. The number of hydrogen-bond donors (Lipinski definition) is 9. The maximum Gasteiger partial charge on any atom is 0.203 e. The van der Waals surface area contributed by atoms with Crippen LogP contribution in [0.5, 0.6) is 46.0 Å². The lowest BCUT2D eigenvalue weighted by Crippen LogP contribution is -2.24. The average Bonchev–Trinajstić information content (AvgIpc) is 3.19. The van der Waals surface area contributed by atoms with E-state index in [1.54, 1.807) is 67.6 Å². The Labute approximate surface area is 303 Å². The fraction of sp³-hybridized carbons (Fsp3) is 0.0250. The van der Waals surface area contributed by atoms with E-state index in [0.717, 1.165) is 4.90 Å². The van der Waals surface area contributed by atoms with Gasteiger partial charge in [-0.15, -0.1) is 0 Å². The number of rotatable bonds is 9. The summed E-state index contributed by atoms with van der Waals surface area (Å²) in [7, 11) is -3.97. The minimum Gasteiger partial charge on any atom is -0.504 e. The number of aromatic hydroxyl groups is 8. The van der Waals surface area contributed by atoms with E-state index < -0.39 is 64.5 Å². The molecule has 268 valence electrons. The maximum absolute atomic E-state index is 15.1. The monoisotopic (exact) mass is 731 g/mol. The van der Waals surface area contributed by atoms with Gasteiger partial charge in [0.05, 0.1) is 16.6 Å². The van der Waals surface area contributed by atoms with Crippen molar-refractivity contribution >= 4 is 34.9 Å². The standard InChI is InChI=1S/C40H34N3O9P/c1-2-3-19-27(41)53(52,28-20-10-11-21-42-28)26-18-12-17-25(22-26)43(31-37(48)33(44)29(34(45)38(31)49)23-13-6-4-7-14-23)32-39(50)35(46)30(36(47)40(32)51)24-15-8-5-9-16-24/h2-22,44-51H,41H2,1H3/b3-2-,27-19+. The van der Waals surface area contributed by atoms with Gasteiger partial charge < -0.3 is 51.2 Å². The zero-order valence-electron chi connectivity index (χ0n) is 28.0. The normalized spacial score (nSPS) is 12.8. The first-order valence-electron chi connectivity index (χ1n) is 16.0. The summed E-state index contributed by atoms with van der Waals surface area (Å²) in [5.74, 6) is -7.82. The minimum absolute atomic E-state index is 0.0543. The van der Waals surface area contributed by atoms with Crippen LogP contribution in [0.3, 0.4) is 0 Å². The second-order valence-corrected chi connectivity index (χ2v) is 14.4. The van der Waals surface area contributed by atoms with Gasteiger partial charge in [-0.2, -0.15) is 0 Å². The SMILES string of the molecule is C/C=C\C=C(/N)P(=O)(c1cccc(N(c2c(O)c(O)c(-c3ccccc3)c(O)c2O)c2c(O)c(O)c(-c3ccccc3)c(O)c2O)c1)c1ccccn1. The van der Waals surface area contributed by atoms with Gasteiger partial charge in [-0.25, -0.2) is 0 Å². The lowest BCUT2D eigenvalue weighted by molar-refractivity contribution is 0.372. The fourth-order valence-electron chi connectivity index (χ4n) is 6.00. The second kappa shape index (κ2) is 14.3. The van der Waals surface area contributed by atoms with E-state index in [1.807, 2.05) is 0 Å². The molecule has 5 aromatic carbocycles. The molecule has 1 heterocycles. The molecule has 0 bridgehead atoms.